The fourth-order valence-electron chi connectivity index (χ4n) is 4.30. The third-order valence-electron chi connectivity index (χ3n) is 5.93. The molecule has 0 aliphatic carbocycles. The highest BCUT2D eigenvalue weighted by Crippen LogP contribution is 2.31. The average molecular weight is 399 g/mol. The van der Waals surface area contributed by atoms with Gasteiger partial charge in [0.25, 0.3) is 5.91 Å². The van der Waals surface area contributed by atoms with Crippen LogP contribution in [0, 0.1) is 0 Å². The zero-order valence-corrected chi connectivity index (χ0v) is 16.9. The molecule has 3 heterocycles. The number of piperazine rings is 1. The van der Waals surface area contributed by atoms with E-state index >= 15 is 0 Å². The molecule has 1 saturated heterocycles. The summed E-state index contributed by atoms with van der Waals surface area (Å²) < 4.78 is 0. The van der Waals surface area contributed by atoms with Crippen LogP contribution < -0.4 is 9.80 Å². The van der Waals surface area contributed by atoms with Crippen LogP contribution >= 0.6 is 0 Å². The number of aryl methyl sites for hydroxylation is 1. The van der Waals surface area contributed by atoms with Crippen LogP contribution in [0.25, 0.3) is 0 Å². The van der Waals surface area contributed by atoms with E-state index < -0.39 is 0 Å². The SMILES string of the molecule is O=C(c1cnc(N2CCCc3ccccc32)nc1)N1CCN(c2ccccc2)CC1. The Hall–Kier alpha value is -3.41. The number of carbonyl (C=O) groups is 1. The summed E-state index contributed by atoms with van der Waals surface area (Å²) in [6, 6.07) is 18.7. The number of fused-ring (bicyclic) bond motifs is 1. The molecule has 0 saturated carbocycles. The molecule has 2 aliphatic rings. The topological polar surface area (TPSA) is 52.6 Å². The second-order valence-corrected chi connectivity index (χ2v) is 7.77. The molecular formula is C24H25N5O. The molecule has 3 aromatic rings. The molecule has 1 fully saturated rings. The molecule has 0 unspecified atom stereocenters. The van der Waals surface area contributed by atoms with Crippen molar-refractivity contribution >= 4 is 23.2 Å². The van der Waals surface area contributed by atoms with E-state index in [1.165, 1.54) is 16.9 Å². The monoisotopic (exact) mass is 399 g/mol. The lowest BCUT2D eigenvalue weighted by Gasteiger charge is -2.36. The first-order valence-electron chi connectivity index (χ1n) is 10.6. The summed E-state index contributed by atoms with van der Waals surface area (Å²) in [6.45, 7) is 3.97. The van der Waals surface area contributed by atoms with Crippen LogP contribution in [-0.4, -0.2) is 53.5 Å². The number of hydrogen-bond acceptors (Lipinski definition) is 5. The lowest BCUT2D eigenvalue weighted by molar-refractivity contribution is 0.0746. The maximum atomic E-state index is 12.9. The second-order valence-electron chi connectivity index (χ2n) is 7.77. The molecule has 0 radical (unpaired) electrons. The number of nitrogens with zero attached hydrogens (tertiary/aromatic N) is 5. The van der Waals surface area contributed by atoms with Gasteiger partial charge >= 0.3 is 0 Å². The molecule has 6 nitrogen and oxygen atoms in total. The van der Waals surface area contributed by atoms with Crippen molar-refractivity contribution in [3.05, 3.63) is 78.1 Å². The number of amides is 1. The molecule has 0 atom stereocenters. The van der Waals surface area contributed by atoms with Crippen molar-refractivity contribution in [3.63, 3.8) is 0 Å². The number of hydrogen-bond donors (Lipinski definition) is 0. The molecule has 2 aromatic carbocycles. The Kier molecular flexibility index (Phi) is 5.05. The van der Waals surface area contributed by atoms with Gasteiger partial charge < -0.3 is 14.7 Å². The van der Waals surface area contributed by atoms with E-state index in [2.05, 4.69) is 50.1 Å². The van der Waals surface area contributed by atoms with Crippen LogP contribution in [0.4, 0.5) is 17.3 Å². The highest BCUT2D eigenvalue weighted by atomic mass is 16.2. The number of rotatable bonds is 3. The largest absolute Gasteiger partial charge is 0.368 e. The summed E-state index contributed by atoms with van der Waals surface area (Å²) in [5, 5.41) is 0. The van der Waals surface area contributed by atoms with Crippen LogP contribution in [0.2, 0.25) is 0 Å². The number of aromatic nitrogens is 2. The van der Waals surface area contributed by atoms with Gasteiger partial charge in [-0.15, -0.1) is 0 Å². The van der Waals surface area contributed by atoms with Crippen molar-refractivity contribution in [2.24, 2.45) is 0 Å². The van der Waals surface area contributed by atoms with E-state index in [4.69, 9.17) is 0 Å². The molecule has 6 heteroatoms. The Balaban J connectivity index is 1.26. The van der Waals surface area contributed by atoms with Gasteiger partial charge in [0, 0.05) is 56.5 Å². The normalized spacial score (nSPS) is 16.3. The van der Waals surface area contributed by atoms with Crippen LogP contribution in [0.15, 0.2) is 67.0 Å². The highest BCUT2D eigenvalue weighted by molar-refractivity contribution is 5.94. The average Bonchev–Trinajstić information content (AvgIpc) is 2.84. The molecule has 0 bridgehead atoms. The molecule has 1 amide bonds. The predicted molar refractivity (Wildman–Crippen MR) is 118 cm³/mol. The first kappa shape index (κ1) is 18.6. The summed E-state index contributed by atoms with van der Waals surface area (Å²) in [4.78, 5) is 28.4. The van der Waals surface area contributed by atoms with Crippen molar-refractivity contribution in [3.8, 4) is 0 Å². The van der Waals surface area contributed by atoms with Gasteiger partial charge in [-0.3, -0.25) is 4.79 Å². The van der Waals surface area contributed by atoms with Gasteiger partial charge in [0.2, 0.25) is 5.95 Å². The highest BCUT2D eigenvalue weighted by Gasteiger charge is 2.24. The van der Waals surface area contributed by atoms with Crippen molar-refractivity contribution < 1.29 is 4.79 Å². The first-order chi connectivity index (χ1) is 14.8. The molecule has 30 heavy (non-hydrogen) atoms. The van der Waals surface area contributed by atoms with E-state index in [0.29, 0.717) is 24.6 Å². The van der Waals surface area contributed by atoms with Gasteiger partial charge in [0.05, 0.1) is 5.56 Å². The summed E-state index contributed by atoms with van der Waals surface area (Å²) in [5.41, 5.74) is 4.25. The van der Waals surface area contributed by atoms with Crippen molar-refractivity contribution in [1.82, 2.24) is 14.9 Å². The lowest BCUT2D eigenvalue weighted by atomic mass is 10.0. The third kappa shape index (κ3) is 3.61. The van der Waals surface area contributed by atoms with Crippen LogP contribution in [0.1, 0.15) is 22.3 Å². The smallest absolute Gasteiger partial charge is 0.257 e. The Morgan fingerprint density at radius 2 is 1.50 bits per heavy atom. The number of benzene rings is 2. The second kappa shape index (κ2) is 8.14. The zero-order valence-electron chi connectivity index (χ0n) is 16.9. The standard InChI is InChI=1S/C24H25N5O/c30-23(28-15-13-27(14-16-28)21-9-2-1-3-10-21)20-17-25-24(26-18-20)29-12-6-8-19-7-4-5-11-22(19)29/h1-5,7,9-11,17-18H,6,8,12-16H2. The summed E-state index contributed by atoms with van der Waals surface area (Å²) in [6.07, 6.45) is 5.50. The summed E-state index contributed by atoms with van der Waals surface area (Å²) in [5.74, 6) is 0.668. The van der Waals surface area contributed by atoms with Crippen molar-refractivity contribution in [2.45, 2.75) is 12.8 Å². The minimum atomic E-state index is 0.00769. The molecule has 152 valence electrons. The molecule has 1 aromatic heterocycles. The molecule has 2 aliphatic heterocycles. The molecule has 0 spiro atoms. The minimum absolute atomic E-state index is 0.00769. The maximum Gasteiger partial charge on any atom is 0.257 e. The van der Waals surface area contributed by atoms with Crippen LogP contribution in [0.5, 0.6) is 0 Å². The Morgan fingerprint density at radius 1 is 0.800 bits per heavy atom. The quantitative estimate of drug-likeness (QED) is 0.675. The Labute approximate surface area is 176 Å². The minimum Gasteiger partial charge on any atom is -0.368 e. The molecular weight excluding hydrogens is 374 g/mol. The number of para-hydroxylation sites is 2. The van der Waals surface area contributed by atoms with E-state index in [-0.39, 0.29) is 5.91 Å². The zero-order chi connectivity index (χ0) is 20.3. The number of anilines is 3. The number of carbonyl (C=O) groups excluding carboxylic acids is 1. The van der Waals surface area contributed by atoms with Gasteiger partial charge in [-0.1, -0.05) is 36.4 Å². The van der Waals surface area contributed by atoms with Crippen molar-refractivity contribution in [2.75, 3.05) is 42.5 Å². The van der Waals surface area contributed by atoms with Crippen molar-refractivity contribution in [1.29, 1.82) is 0 Å². The van der Waals surface area contributed by atoms with E-state index in [0.717, 1.165) is 32.5 Å². The van der Waals surface area contributed by atoms with Gasteiger partial charge in [0.15, 0.2) is 0 Å². The van der Waals surface area contributed by atoms with Gasteiger partial charge in [-0.05, 0) is 36.6 Å². The predicted octanol–water partition coefficient (Wildman–Crippen LogP) is 3.52. The fraction of sp³-hybridized carbons (Fsp3) is 0.292. The van der Waals surface area contributed by atoms with Gasteiger partial charge in [0.1, 0.15) is 0 Å². The maximum absolute atomic E-state index is 12.9. The van der Waals surface area contributed by atoms with Crippen LogP contribution in [0.3, 0.4) is 0 Å². The summed E-state index contributed by atoms with van der Waals surface area (Å²) in [7, 11) is 0. The Bertz CT molecular complexity index is 1010. The molecule has 0 N–H and O–H groups in total. The van der Waals surface area contributed by atoms with Gasteiger partial charge in [-0.25, -0.2) is 9.97 Å². The third-order valence-corrected chi connectivity index (χ3v) is 5.93. The van der Waals surface area contributed by atoms with E-state index in [1.54, 1.807) is 12.4 Å². The lowest BCUT2D eigenvalue weighted by Crippen LogP contribution is -2.48. The molecule has 5 rings (SSSR count). The first-order valence-corrected chi connectivity index (χ1v) is 10.6. The summed E-state index contributed by atoms with van der Waals surface area (Å²) >= 11 is 0. The van der Waals surface area contributed by atoms with Crippen LogP contribution in [-0.2, 0) is 6.42 Å². The van der Waals surface area contributed by atoms with Gasteiger partial charge in [-0.2, -0.15) is 0 Å². The van der Waals surface area contributed by atoms with E-state index in [9.17, 15) is 4.79 Å². The van der Waals surface area contributed by atoms with E-state index in [1.807, 2.05) is 29.2 Å². The fourth-order valence-corrected chi connectivity index (χ4v) is 4.30. The Morgan fingerprint density at radius 3 is 2.27 bits per heavy atom.